The zero-order chi connectivity index (χ0) is 18.0. The van der Waals surface area contributed by atoms with Crippen LogP contribution in [0.25, 0.3) is 11.3 Å². The third kappa shape index (κ3) is 4.45. The fourth-order valence-corrected chi connectivity index (χ4v) is 3.42. The maximum Gasteiger partial charge on any atom is 0.271 e. The monoisotopic (exact) mass is 345 g/mol. The minimum absolute atomic E-state index is 0.0671. The molecule has 0 atom stereocenters. The molecular weight excluding hydrogens is 321 g/mol. The van der Waals surface area contributed by atoms with Crippen molar-refractivity contribution in [1.29, 1.82) is 0 Å². The van der Waals surface area contributed by atoms with Crippen LogP contribution < -0.4 is 0 Å². The smallest absolute Gasteiger partial charge is 0.271 e. The summed E-state index contributed by atoms with van der Waals surface area (Å²) in [6, 6.07) is 7.74. The van der Waals surface area contributed by atoms with Crippen molar-refractivity contribution in [3.8, 4) is 11.3 Å². The van der Waals surface area contributed by atoms with Gasteiger partial charge in [-0.3, -0.25) is 9.89 Å². The van der Waals surface area contributed by atoms with Gasteiger partial charge in [-0.2, -0.15) is 5.10 Å². The van der Waals surface area contributed by atoms with E-state index < -0.39 is 5.60 Å². The molecule has 134 valence electrons. The van der Waals surface area contributed by atoms with Gasteiger partial charge in [0.15, 0.2) is 0 Å². The third-order valence-corrected chi connectivity index (χ3v) is 4.64. The fraction of sp³-hybridized carbons (Fsp3) is 0.474. The maximum atomic E-state index is 13.0. The zero-order valence-corrected chi connectivity index (χ0v) is 14.6. The molecule has 0 radical (unpaired) electrons. The van der Waals surface area contributed by atoms with Gasteiger partial charge < -0.3 is 10.0 Å². The van der Waals surface area contributed by atoms with Crippen molar-refractivity contribution in [3.63, 3.8) is 0 Å². The summed E-state index contributed by atoms with van der Waals surface area (Å²) in [6.45, 7) is 5.02. The van der Waals surface area contributed by atoms with E-state index in [2.05, 4.69) is 10.2 Å². The Balaban J connectivity index is 1.62. The van der Waals surface area contributed by atoms with Crippen LogP contribution in [0, 0.1) is 11.7 Å². The summed E-state index contributed by atoms with van der Waals surface area (Å²) in [5.41, 5.74) is 1.17. The highest BCUT2D eigenvalue weighted by atomic mass is 19.1. The van der Waals surface area contributed by atoms with E-state index in [-0.39, 0.29) is 11.7 Å². The number of hydrogen-bond acceptors (Lipinski definition) is 3. The number of carbonyl (C=O) groups excluding carboxylic acids is 1. The van der Waals surface area contributed by atoms with Crippen molar-refractivity contribution in [1.82, 2.24) is 15.1 Å². The Morgan fingerprint density at radius 3 is 2.56 bits per heavy atom. The Labute approximate surface area is 146 Å². The van der Waals surface area contributed by atoms with Gasteiger partial charge in [-0.1, -0.05) is 0 Å². The summed E-state index contributed by atoms with van der Waals surface area (Å²) in [5.74, 6) is 0.0766. The van der Waals surface area contributed by atoms with Gasteiger partial charge >= 0.3 is 0 Å². The van der Waals surface area contributed by atoms with Crippen LogP contribution in [0.15, 0.2) is 30.3 Å². The SMILES string of the molecule is CC(C)(O)CC1CCN(C(=O)c2cc(-c3ccc(F)cc3)n[nH]2)CC1. The number of nitrogens with zero attached hydrogens (tertiary/aromatic N) is 2. The van der Waals surface area contributed by atoms with Gasteiger partial charge in [0.1, 0.15) is 11.5 Å². The van der Waals surface area contributed by atoms with Gasteiger partial charge in [0.05, 0.1) is 11.3 Å². The second-order valence-electron chi connectivity index (χ2n) is 7.43. The Kier molecular flexibility index (Phi) is 4.90. The first-order valence-electron chi connectivity index (χ1n) is 8.65. The number of halogens is 1. The number of benzene rings is 1. The van der Waals surface area contributed by atoms with Gasteiger partial charge in [0, 0.05) is 18.7 Å². The molecule has 1 fully saturated rings. The number of rotatable bonds is 4. The van der Waals surface area contributed by atoms with Gasteiger partial charge in [-0.15, -0.1) is 0 Å². The summed E-state index contributed by atoms with van der Waals surface area (Å²) in [6.07, 6.45) is 2.55. The minimum Gasteiger partial charge on any atom is -0.390 e. The van der Waals surface area contributed by atoms with Gasteiger partial charge in [0.25, 0.3) is 5.91 Å². The third-order valence-electron chi connectivity index (χ3n) is 4.64. The van der Waals surface area contributed by atoms with Crippen LogP contribution in [0.3, 0.4) is 0 Å². The number of likely N-dealkylation sites (tertiary alicyclic amines) is 1. The van der Waals surface area contributed by atoms with Crippen molar-refractivity contribution < 1.29 is 14.3 Å². The molecule has 1 aliphatic rings. The molecule has 1 aliphatic heterocycles. The lowest BCUT2D eigenvalue weighted by Gasteiger charge is -2.34. The summed E-state index contributed by atoms with van der Waals surface area (Å²) < 4.78 is 13.0. The first-order valence-corrected chi connectivity index (χ1v) is 8.65. The Hall–Kier alpha value is -2.21. The molecule has 0 unspecified atom stereocenters. The predicted octanol–water partition coefficient (Wildman–Crippen LogP) is 3.23. The highest BCUT2D eigenvalue weighted by molar-refractivity contribution is 5.93. The Bertz CT molecular complexity index is 726. The van der Waals surface area contributed by atoms with Gasteiger partial charge in [0.2, 0.25) is 0 Å². The Morgan fingerprint density at radius 2 is 1.96 bits per heavy atom. The molecule has 6 heteroatoms. The molecule has 1 saturated heterocycles. The van der Waals surface area contributed by atoms with Crippen LogP contribution in [0.2, 0.25) is 0 Å². The number of amides is 1. The second kappa shape index (κ2) is 6.96. The lowest BCUT2D eigenvalue weighted by atomic mass is 9.86. The van der Waals surface area contributed by atoms with E-state index in [4.69, 9.17) is 0 Å². The molecule has 0 aliphatic carbocycles. The summed E-state index contributed by atoms with van der Waals surface area (Å²) in [4.78, 5) is 14.5. The molecule has 5 nitrogen and oxygen atoms in total. The molecule has 1 amide bonds. The lowest BCUT2D eigenvalue weighted by Crippen LogP contribution is -2.40. The van der Waals surface area contributed by atoms with Crippen molar-refractivity contribution in [3.05, 3.63) is 41.8 Å². The van der Waals surface area contributed by atoms with E-state index in [1.165, 1.54) is 12.1 Å². The molecule has 3 rings (SSSR count). The van der Waals surface area contributed by atoms with Crippen molar-refractivity contribution in [2.45, 2.75) is 38.7 Å². The van der Waals surface area contributed by atoms with E-state index in [0.717, 1.165) is 24.8 Å². The number of aromatic nitrogens is 2. The largest absolute Gasteiger partial charge is 0.390 e. The normalized spacial score (nSPS) is 16.2. The number of piperidine rings is 1. The number of H-pyrrole nitrogens is 1. The number of nitrogens with one attached hydrogen (secondary N) is 1. The first-order chi connectivity index (χ1) is 11.8. The van der Waals surface area contributed by atoms with E-state index >= 15 is 0 Å². The topological polar surface area (TPSA) is 69.2 Å². The molecule has 25 heavy (non-hydrogen) atoms. The first kappa shape index (κ1) is 17.6. The van der Waals surface area contributed by atoms with Crippen molar-refractivity contribution in [2.75, 3.05) is 13.1 Å². The summed E-state index contributed by atoms with van der Waals surface area (Å²) >= 11 is 0. The van der Waals surface area contributed by atoms with Crippen molar-refractivity contribution >= 4 is 5.91 Å². The molecule has 0 spiro atoms. The van der Waals surface area contributed by atoms with Gasteiger partial charge in [-0.25, -0.2) is 4.39 Å². The van der Waals surface area contributed by atoms with Crippen LogP contribution in [-0.4, -0.2) is 44.8 Å². The van der Waals surface area contributed by atoms with Crippen LogP contribution in [0.1, 0.15) is 43.6 Å². The van der Waals surface area contributed by atoms with Crippen molar-refractivity contribution in [2.24, 2.45) is 5.92 Å². The Morgan fingerprint density at radius 1 is 1.32 bits per heavy atom. The average molecular weight is 345 g/mol. The maximum absolute atomic E-state index is 13.0. The molecule has 2 heterocycles. The van der Waals surface area contributed by atoms with Crippen LogP contribution in [-0.2, 0) is 0 Å². The quantitative estimate of drug-likeness (QED) is 0.894. The molecule has 1 aromatic heterocycles. The molecule has 2 N–H and O–H groups in total. The van der Waals surface area contributed by atoms with Crippen LogP contribution in [0.5, 0.6) is 0 Å². The highest BCUT2D eigenvalue weighted by Crippen LogP contribution is 2.27. The summed E-state index contributed by atoms with van der Waals surface area (Å²) in [7, 11) is 0. The van der Waals surface area contributed by atoms with E-state index in [1.807, 2.05) is 18.7 Å². The fourth-order valence-electron chi connectivity index (χ4n) is 3.42. The molecule has 2 aromatic rings. The van der Waals surface area contributed by atoms with E-state index in [1.54, 1.807) is 18.2 Å². The second-order valence-corrected chi connectivity index (χ2v) is 7.43. The minimum atomic E-state index is -0.662. The van der Waals surface area contributed by atoms with Crippen LogP contribution in [0.4, 0.5) is 4.39 Å². The standard InChI is InChI=1S/C19H24FN3O2/c1-19(2,25)12-13-7-9-23(10-8-13)18(24)17-11-16(21-22-17)14-3-5-15(20)6-4-14/h3-6,11,13,25H,7-10,12H2,1-2H3,(H,21,22). The molecular formula is C19H24FN3O2. The van der Waals surface area contributed by atoms with E-state index in [9.17, 15) is 14.3 Å². The lowest BCUT2D eigenvalue weighted by molar-refractivity contribution is 0.0357. The molecule has 0 bridgehead atoms. The number of carbonyl (C=O) groups is 1. The number of hydrogen-bond donors (Lipinski definition) is 2. The number of aromatic amines is 1. The van der Waals surface area contributed by atoms with Crippen LogP contribution >= 0.6 is 0 Å². The molecule has 1 aromatic carbocycles. The predicted molar refractivity (Wildman–Crippen MR) is 93.5 cm³/mol. The number of aliphatic hydroxyl groups is 1. The average Bonchev–Trinajstić information content (AvgIpc) is 3.04. The summed E-state index contributed by atoms with van der Waals surface area (Å²) in [5, 5.41) is 16.9. The van der Waals surface area contributed by atoms with Gasteiger partial charge in [-0.05, 0) is 69.4 Å². The highest BCUT2D eigenvalue weighted by Gasteiger charge is 2.28. The zero-order valence-electron chi connectivity index (χ0n) is 14.6. The van der Waals surface area contributed by atoms with E-state index in [0.29, 0.717) is 30.4 Å². The molecule has 0 saturated carbocycles.